The molecule has 0 saturated heterocycles. The van der Waals surface area contributed by atoms with Crippen LogP contribution in [0.4, 0.5) is 0 Å². The van der Waals surface area contributed by atoms with Crippen LogP contribution in [0.2, 0.25) is 5.02 Å². The molecule has 1 fully saturated rings. The minimum Gasteiger partial charge on any atom is -0.349 e. The van der Waals surface area contributed by atoms with Gasteiger partial charge in [0, 0.05) is 50.0 Å². The van der Waals surface area contributed by atoms with E-state index >= 15 is 0 Å². The molecule has 148 valence electrons. The highest BCUT2D eigenvalue weighted by Crippen LogP contribution is 2.46. The number of thioether (sulfide) groups is 1. The van der Waals surface area contributed by atoms with E-state index in [4.69, 9.17) is 11.6 Å². The van der Waals surface area contributed by atoms with Crippen LogP contribution in [-0.2, 0) is 6.42 Å². The highest BCUT2D eigenvalue weighted by Gasteiger charge is 2.31. The minimum atomic E-state index is -0.256. The molecule has 2 aliphatic rings. The van der Waals surface area contributed by atoms with E-state index in [-0.39, 0.29) is 28.2 Å². The van der Waals surface area contributed by atoms with Gasteiger partial charge < -0.3 is 9.88 Å². The lowest BCUT2D eigenvalue weighted by Gasteiger charge is -2.20. The lowest BCUT2D eigenvalue weighted by atomic mass is 10.0. The second-order valence-electron chi connectivity index (χ2n) is 7.49. The summed E-state index contributed by atoms with van der Waals surface area (Å²) < 4.78 is 2.06. The van der Waals surface area contributed by atoms with Crippen molar-refractivity contribution in [3.63, 3.8) is 0 Å². The highest BCUT2D eigenvalue weighted by molar-refractivity contribution is 7.99. The van der Waals surface area contributed by atoms with E-state index < -0.39 is 0 Å². The number of nitrogens with zero attached hydrogens (tertiary/aromatic N) is 1. The first-order valence-corrected chi connectivity index (χ1v) is 11.7. The van der Waals surface area contributed by atoms with E-state index in [0.717, 1.165) is 34.8 Å². The average molecular weight is 443 g/mol. The number of amides is 1. The molecule has 0 bridgehead atoms. The van der Waals surface area contributed by atoms with Crippen molar-refractivity contribution < 1.29 is 4.79 Å². The van der Waals surface area contributed by atoms with Crippen LogP contribution in [0, 0.1) is 6.92 Å². The van der Waals surface area contributed by atoms with Crippen molar-refractivity contribution in [2.45, 2.75) is 42.4 Å². The van der Waals surface area contributed by atoms with Crippen molar-refractivity contribution in [1.82, 2.24) is 9.88 Å². The number of thiophene rings is 1. The van der Waals surface area contributed by atoms with Gasteiger partial charge in [0.1, 0.15) is 5.56 Å². The summed E-state index contributed by atoms with van der Waals surface area (Å²) in [6.45, 7) is 1.92. The summed E-state index contributed by atoms with van der Waals surface area (Å²) in [5, 5.41) is 5.85. The molecular formula is C22H19ClN2O2S2. The van der Waals surface area contributed by atoms with Crippen molar-refractivity contribution in [3.8, 4) is 5.69 Å². The molecule has 0 spiro atoms. The van der Waals surface area contributed by atoms with Crippen molar-refractivity contribution in [2.24, 2.45) is 0 Å². The molecule has 1 atom stereocenters. The molecule has 1 unspecified atom stereocenters. The van der Waals surface area contributed by atoms with E-state index in [1.807, 2.05) is 31.2 Å². The van der Waals surface area contributed by atoms with Gasteiger partial charge >= 0.3 is 0 Å². The number of hydrogen-bond acceptors (Lipinski definition) is 4. The Kier molecular flexibility index (Phi) is 4.81. The summed E-state index contributed by atoms with van der Waals surface area (Å²) in [6.07, 6.45) is 2.56. The molecule has 0 radical (unpaired) electrons. The third-order valence-electron chi connectivity index (χ3n) is 5.31. The Morgan fingerprint density at radius 2 is 2.07 bits per heavy atom. The summed E-state index contributed by atoms with van der Waals surface area (Å²) in [5.41, 5.74) is 2.63. The van der Waals surface area contributed by atoms with Crippen LogP contribution in [0.15, 0.2) is 51.5 Å². The average Bonchev–Trinajstić information content (AvgIpc) is 3.34. The Hall–Kier alpha value is -2.02. The van der Waals surface area contributed by atoms with Crippen molar-refractivity contribution >= 4 is 40.6 Å². The monoisotopic (exact) mass is 442 g/mol. The number of aromatic nitrogens is 1. The number of aryl methyl sites for hydroxylation is 1. The Bertz CT molecular complexity index is 1170. The Balaban J connectivity index is 1.75. The maximum atomic E-state index is 13.0. The second kappa shape index (κ2) is 7.35. The molecule has 1 aromatic carbocycles. The fourth-order valence-electron chi connectivity index (χ4n) is 3.82. The van der Waals surface area contributed by atoms with E-state index in [1.54, 1.807) is 29.2 Å². The van der Waals surface area contributed by atoms with Crippen molar-refractivity contribution in [2.75, 3.05) is 0 Å². The molecule has 1 N–H and O–H groups in total. The predicted molar refractivity (Wildman–Crippen MR) is 119 cm³/mol. The van der Waals surface area contributed by atoms with Crippen LogP contribution in [0.5, 0.6) is 0 Å². The van der Waals surface area contributed by atoms with Gasteiger partial charge in [-0.2, -0.15) is 0 Å². The van der Waals surface area contributed by atoms with E-state index in [9.17, 15) is 9.59 Å². The van der Waals surface area contributed by atoms with Crippen molar-refractivity contribution in [3.05, 3.63) is 78.9 Å². The molecule has 3 aromatic rings. The van der Waals surface area contributed by atoms with Gasteiger partial charge in [-0.15, -0.1) is 23.1 Å². The molecule has 1 aliphatic carbocycles. The number of hydrogen-bond donors (Lipinski definition) is 1. The Labute approximate surface area is 181 Å². The summed E-state index contributed by atoms with van der Waals surface area (Å²) in [4.78, 5) is 28.2. The maximum absolute atomic E-state index is 13.0. The molecule has 3 heterocycles. The fraction of sp³-hybridized carbons (Fsp3) is 0.273. The first kappa shape index (κ1) is 19.0. The van der Waals surface area contributed by atoms with Crippen LogP contribution < -0.4 is 10.7 Å². The van der Waals surface area contributed by atoms with Gasteiger partial charge in [-0.25, -0.2) is 0 Å². The molecule has 1 saturated carbocycles. The summed E-state index contributed by atoms with van der Waals surface area (Å²) in [5.74, 6) is -0.256. The smallest absolute Gasteiger partial charge is 0.257 e. The summed E-state index contributed by atoms with van der Waals surface area (Å²) in [7, 11) is 0. The number of nitrogens with one attached hydrogen (secondary N) is 1. The topological polar surface area (TPSA) is 51.1 Å². The molecule has 5 rings (SSSR count). The molecule has 7 heteroatoms. The first-order chi connectivity index (χ1) is 14.0. The van der Waals surface area contributed by atoms with Crippen LogP contribution in [0.25, 0.3) is 5.69 Å². The zero-order valence-electron chi connectivity index (χ0n) is 15.8. The Morgan fingerprint density at radius 1 is 1.24 bits per heavy atom. The summed E-state index contributed by atoms with van der Waals surface area (Å²) >= 11 is 9.74. The number of fused-ring (bicyclic) bond motifs is 3. The molecular weight excluding hydrogens is 424 g/mol. The number of rotatable bonds is 3. The first-order valence-electron chi connectivity index (χ1n) is 9.57. The number of pyridine rings is 1. The number of carbonyl (C=O) groups is 1. The third kappa shape index (κ3) is 3.54. The van der Waals surface area contributed by atoms with Crippen LogP contribution in [-0.4, -0.2) is 16.5 Å². The quantitative estimate of drug-likeness (QED) is 0.610. The van der Waals surface area contributed by atoms with Gasteiger partial charge in [0.05, 0.1) is 5.69 Å². The van der Waals surface area contributed by atoms with Crippen LogP contribution in [0.1, 0.15) is 44.7 Å². The van der Waals surface area contributed by atoms with Gasteiger partial charge in [0.2, 0.25) is 0 Å². The fourth-order valence-corrected chi connectivity index (χ4v) is 6.29. The van der Waals surface area contributed by atoms with Crippen LogP contribution >= 0.6 is 34.7 Å². The van der Waals surface area contributed by atoms with Crippen LogP contribution in [0.3, 0.4) is 0 Å². The number of benzene rings is 1. The second-order valence-corrected chi connectivity index (χ2v) is 10.2. The van der Waals surface area contributed by atoms with E-state index in [2.05, 4.69) is 21.3 Å². The zero-order chi connectivity index (χ0) is 20.1. The standard InChI is InChI=1S/C22H19ClN2O2S2/c1-12-9-17(26)21(22(27)24-14-5-6-14)16-11-20(18-3-2-8-28-18)29-19-10-13(23)4-7-15(19)25(12)16/h2-4,7-10,14,20H,5-6,11H2,1H3,(H,24,27). The molecule has 4 nitrogen and oxygen atoms in total. The molecule has 2 aromatic heterocycles. The number of carbonyl (C=O) groups excluding carboxylic acids is 1. The molecule has 1 aliphatic heterocycles. The summed E-state index contributed by atoms with van der Waals surface area (Å²) in [6, 6.07) is 11.7. The normalized spacial score (nSPS) is 17.9. The van der Waals surface area contributed by atoms with Gasteiger partial charge in [-0.1, -0.05) is 17.7 Å². The van der Waals surface area contributed by atoms with Gasteiger partial charge in [0.25, 0.3) is 5.91 Å². The SMILES string of the molecule is Cc1cc(=O)c(C(=O)NC2CC2)c2n1-c1ccc(Cl)cc1SC(c1cccs1)C2. The highest BCUT2D eigenvalue weighted by atomic mass is 35.5. The lowest BCUT2D eigenvalue weighted by Crippen LogP contribution is -2.33. The molecule has 1 amide bonds. The predicted octanol–water partition coefficient (Wildman–Crippen LogP) is 5.14. The largest absolute Gasteiger partial charge is 0.349 e. The molecule has 29 heavy (non-hydrogen) atoms. The van der Waals surface area contributed by atoms with E-state index in [0.29, 0.717) is 11.4 Å². The number of halogens is 1. The van der Waals surface area contributed by atoms with Gasteiger partial charge in [0.15, 0.2) is 5.43 Å². The van der Waals surface area contributed by atoms with E-state index in [1.165, 1.54) is 4.88 Å². The maximum Gasteiger partial charge on any atom is 0.257 e. The van der Waals surface area contributed by atoms with Gasteiger partial charge in [-0.05, 0) is 49.4 Å². The van der Waals surface area contributed by atoms with Gasteiger partial charge in [-0.3, -0.25) is 9.59 Å². The minimum absolute atomic E-state index is 0.106. The van der Waals surface area contributed by atoms with Crippen molar-refractivity contribution in [1.29, 1.82) is 0 Å². The zero-order valence-corrected chi connectivity index (χ0v) is 18.2. The lowest BCUT2D eigenvalue weighted by molar-refractivity contribution is 0.0948. The third-order valence-corrected chi connectivity index (χ3v) is 7.96. The Morgan fingerprint density at radius 3 is 2.79 bits per heavy atom.